The predicted molar refractivity (Wildman–Crippen MR) is 77.0 cm³/mol. The lowest BCUT2D eigenvalue weighted by molar-refractivity contribution is -0.142. The van der Waals surface area contributed by atoms with Gasteiger partial charge in [0.1, 0.15) is 0 Å². The maximum Gasteiger partial charge on any atom is 0.307 e. The molecule has 0 spiro atoms. The van der Waals surface area contributed by atoms with Crippen LogP contribution in [0.1, 0.15) is 31.6 Å². The minimum Gasteiger partial charge on any atom is -0.481 e. The molecule has 110 valence electrons. The molecule has 2 aromatic rings. The van der Waals surface area contributed by atoms with Crippen LogP contribution in [0.15, 0.2) is 28.8 Å². The molecule has 1 saturated carbocycles. The summed E-state index contributed by atoms with van der Waals surface area (Å²) in [5, 5.41) is 13.8. The molecule has 1 aromatic heterocycles. The Morgan fingerprint density at radius 3 is 2.86 bits per heavy atom. The van der Waals surface area contributed by atoms with E-state index in [1.54, 1.807) is 6.07 Å². The number of nitrogens with zero attached hydrogens (tertiary/aromatic N) is 2. The monoisotopic (exact) mass is 306 g/mol. The molecule has 1 heterocycles. The molecule has 0 bridgehead atoms. The summed E-state index contributed by atoms with van der Waals surface area (Å²) in [6, 6.07) is 7.23. The van der Waals surface area contributed by atoms with E-state index >= 15 is 0 Å². The number of aliphatic carboxylic acids is 1. The van der Waals surface area contributed by atoms with Crippen LogP contribution in [-0.2, 0) is 4.79 Å². The molecule has 1 fully saturated rings. The van der Waals surface area contributed by atoms with Crippen LogP contribution in [0, 0.1) is 11.8 Å². The fourth-order valence-corrected chi connectivity index (χ4v) is 3.20. The van der Waals surface area contributed by atoms with Crippen LogP contribution in [0.25, 0.3) is 11.4 Å². The van der Waals surface area contributed by atoms with Gasteiger partial charge >= 0.3 is 5.97 Å². The van der Waals surface area contributed by atoms with Crippen LogP contribution in [0.2, 0.25) is 5.02 Å². The van der Waals surface area contributed by atoms with Crippen molar-refractivity contribution < 1.29 is 14.4 Å². The summed E-state index contributed by atoms with van der Waals surface area (Å²) < 4.78 is 5.30. The summed E-state index contributed by atoms with van der Waals surface area (Å²) in [5.74, 6) is -0.352. The van der Waals surface area contributed by atoms with Gasteiger partial charge in [0, 0.05) is 5.56 Å². The number of carbonyl (C=O) groups is 1. The lowest BCUT2D eigenvalue weighted by Gasteiger charge is -2.09. The topological polar surface area (TPSA) is 76.2 Å². The molecule has 3 atom stereocenters. The lowest BCUT2D eigenvalue weighted by atomic mass is 9.96. The molecule has 0 amide bonds. The Morgan fingerprint density at radius 2 is 2.14 bits per heavy atom. The second kappa shape index (κ2) is 5.48. The number of benzene rings is 1. The maximum atomic E-state index is 11.4. The molecule has 1 aliphatic rings. The fraction of sp³-hybridized carbons (Fsp3) is 0.400. The van der Waals surface area contributed by atoms with Crippen molar-refractivity contribution >= 4 is 17.6 Å². The van der Waals surface area contributed by atoms with Crippen molar-refractivity contribution in [3.63, 3.8) is 0 Å². The summed E-state index contributed by atoms with van der Waals surface area (Å²) in [7, 11) is 0. The first-order valence-electron chi connectivity index (χ1n) is 6.87. The van der Waals surface area contributed by atoms with Gasteiger partial charge in [-0.3, -0.25) is 4.79 Å². The van der Waals surface area contributed by atoms with Gasteiger partial charge in [-0.25, -0.2) is 0 Å². The van der Waals surface area contributed by atoms with Crippen LogP contribution in [-0.4, -0.2) is 21.2 Å². The number of hydrogen-bond donors (Lipinski definition) is 1. The molecule has 0 saturated heterocycles. The van der Waals surface area contributed by atoms with Crippen molar-refractivity contribution in [2.75, 3.05) is 0 Å². The van der Waals surface area contributed by atoms with E-state index in [2.05, 4.69) is 10.1 Å². The molecule has 3 unspecified atom stereocenters. The van der Waals surface area contributed by atoms with Gasteiger partial charge in [-0.05, 0) is 30.9 Å². The van der Waals surface area contributed by atoms with Gasteiger partial charge in [-0.1, -0.05) is 35.8 Å². The highest BCUT2D eigenvalue weighted by atomic mass is 35.5. The van der Waals surface area contributed by atoms with E-state index in [1.165, 1.54) is 0 Å². The molecular weight excluding hydrogens is 292 g/mol. The summed E-state index contributed by atoms with van der Waals surface area (Å²) in [6.45, 7) is 2.04. The van der Waals surface area contributed by atoms with Gasteiger partial charge in [0.05, 0.1) is 16.9 Å². The standard InChI is InChI=1S/C15H15ClN2O3/c1-8-6-10(11(7-8)15(19)20)14-17-13(18-21-14)9-4-2-3-5-12(9)16/h2-5,8,10-11H,6-7H2,1H3,(H,19,20). The number of halogens is 1. The molecule has 0 radical (unpaired) electrons. The highest BCUT2D eigenvalue weighted by Gasteiger charge is 2.41. The molecule has 5 nitrogen and oxygen atoms in total. The summed E-state index contributed by atoms with van der Waals surface area (Å²) in [6.07, 6.45) is 1.39. The maximum absolute atomic E-state index is 11.4. The summed E-state index contributed by atoms with van der Waals surface area (Å²) in [4.78, 5) is 15.7. The average molecular weight is 307 g/mol. The van der Waals surface area contributed by atoms with Crippen LogP contribution in [0.5, 0.6) is 0 Å². The highest BCUT2D eigenvalue weighted by Crippen LogP contribution is 2.43. The van der Waals surface area contributed by atoms with Crippen molar-refractivity contribution in [3.05, 3.63) is 35.2 Å². The minimum atomic E-state index is -0.804. The predicted octanol–water partition coefficient (Wildman–Crippen LogP) is 3.60. The first-order chi connectivity index (χ1) is 10.1. The second-order valence-electron chi connectivity index (χ2n) is 5.56. The van der Waals surface area contributed by atoms with Crippen LogP contribution in [0.4, 0.5) is 0 Å². The van der Waals surface area contributed by atoms with E-state index in [4.69, 9.17) is 16.1 Å². The SMILES string of the molecule is CC1CC(C(=O)O)C(c2nc(-c3ccccc3Cl)no2)C1. The first-order valence-corrected chi connectivity index (χ1v) is 7.25. The zero-order valence-electron chi connectivity index (χ0n) is 11.5. The van der Waals surface area contributed by atoms with Crippen molar-refractivity contribution in [3.8, 4) is 11.4 Å². The Balaban J connectivity index is 1.92. The summed E-state index contributed by atoms with van der Waals surface area (Å²) >= 11 is 6.11. The number of carboxylic acid groups (broad SMARTS) is 1. The largest absolute Gasteiger partial charge is 0.481 e. The van der Waals surface area contributed by atoms with E-state index < -0.39 is 11.9 Å². The molecule has 1 aromatic carbocycles. The Hall–Kier alpha value is -1.88. The van der Waals surface area contributed by atoms with Gasteiger partial charge in [0.2, 0.25) is 11.7 Å². The minimum absolute atomic E-state index is 0.221. The van der Waals surface area contributed by atoms with Crippen molar-refractivity contribution in [1.82, 2.24) is 10.1 Å². The molecule has 6 heteroatoms. The molecular formula is C15H15ClN2O3. The Labute approximate surface area is 126 Å². The fourth-order valence-electron chi connectivity index (χ4n) is 2.98. The third kappa shape index (κ3) is 2.65. The zero-order chi connectivity index (χ0) is 15.0. The Kier molecular flexibility index (Phi) is 3.68. The number of aromatic nitrogens is 2. The van der Waals surface area contributed by atoms with E-state index in [9.17, 15) is 9.90 Å². The van der Waals surface area contributed by atoms with E-state index in [0.29, 0.717) is 34.6 Å². The molecule has 0 aliphatic heterocycles. The molecule has 3 rings (SSSR count). The van der Waals surface area contributed by atoms with Gasteiger partial charge in [0.15, 0.2) is 0 Å². The van der Waals surface area contributed by atoms with Gasteiger partial charge in [-0.2, -0.15) is 4.98 Å². The smallest absolute Gasteiger partial charge is 0.307 e. The van der Waals surface area contributed by atoms with Crippen LogP contribution in [0.3, 0.4) is 0 Å². The Morgan fingerprint density at radius 1 is 1.38 bits per heavy atom. The van der Waals surface area contributed by atoms with Crippen LogP contribution < -0.4 is 0 Å². The number of hydrogen-bond acceptors (Lipinski definition) is 4. The van der Waals surface area contributed by atoms with Gasteiger partial charge < -0.3 is 9.63 Å². The molecule has 1 N–H and O–H groups in total. The van der Waals surface area contributed by atoms with Crippen molar-refractivity contribution in [2.45, 2.75) is 25.7 Å². The lowest BCUT2D eigenvalue weighted by Crippen LogP contribution is -2.17. The van der Waals surface area contributed by atoms with E-state index in [0.717, 1.165) is 6.42 Å². The van der Waals surface area contributed by atoms with Crippen molar-refractivity contribution in [2.24, 2.45) is 11.8 Å². The van der Waals surface area contributed by atoms with Crippen molar-refractivity contribution in [1.29, 1.82) is 0 Å². The number of rotatable bonds is 3. The molecule has 21 heavy (non-hydrogen) atoms. The third-order valence-electron chi connectivity index (χ3n) is 3.99. The molecule has 1 aliphatic carbocycles. The average Bonchev–Trinajstić information content (AvgIpc) is 3.05. The Bertz CT molecular complexity index is 670. The second-order valence-corrected chi connectivity index (χ2v) is 5.97. The number of carboxylic acids is 1. The third-order valence-corrected chi connectivity index (χ3v) is 4.32. The zero-order valence-corrected chi connectivity index (χ0v) is 12.2. The van der Waals surface area contributed by atoms with E-state index in [-0.39, 0.29) is 5.92 Å². The summed E-state index contributed by atoms with van der Waals surface area (Å²) in [5.41, 5.74) is 0.687. The quantitative estimate of drug-likeness (QED) is 0.937. The van der Waals surface area contributed by atoms with E-state index in [1.807, 2.05) is 25.1 Å². The normalized spacial score (nSPS) is 25.1. The van der Waals surface area contributed by atoms with Crippen LogP contribution >= 0.6 is 11.6 Å². The first kappa shape index (κ1) is 14.1. The highest BCUT2D eigenvalue weighted by molar-refractivity contribution is 6.33. The van der Waals surface area contributed by atoms with Gasteiger partial charge in [-0.15, -0.1) is 0 Å². The van der Waals surface area contributed by atoms with Gasteiger partial charge in [0.25, 0.3) is 0 Å².